The van der Waals surface area contributed by atoms with Gasteiger partial charge in [0.15, 0.2) is 22.1 Å². The molecule has 0 spiro atoms. The van der Waals surface area contributed by atoms with E-state index in [0.29, 0.717) is 18.0 Å². The molecular weight excluding hydrogens is 356 g/mol. The number of alkyl halides is 1. The van der Waals surface area contributed by atoms with Crippen LogP contribution in [-0.4, -0.2) is 49.2 Å². The molecule has 0 aromatic carbocycles. The van der Waals surface area contributed by atoms with Gasteiger partial charge in [-0.05, 0) is 32.1 Å². The van der Waals surface area contributed by atoms with Gasteiger partial charge in [0.05, 0.1) is 6.04 Å². The lowest BCUT2D eigenvalue weighted by Gasteiger charge is -2.24. The van der Waals surface area contributed by atoms with Crippen LogP contribution in [-0.2, 0) is 0 Å². The average molecular weight is 381 g/mol. The van der Waals surface area contributed by atoms with Crippen LogP contribution in [0.4, 0.5) is 5.82 Å². The van der Waals surface area contributed by atoms with Crippen molar-refractivity contribution in [1.82, 2.24) is 25.0 Å². The molecule has 0 unspecified atom stereocenters. The SMILES string of the molecule is CCCSc1nc(N2CCC[C@H]2CCl)c2nnn(C3CCCC3)c2n1. The number of fused-ring (bicyclic) bond motifs is 1. The maximum absolute atomic E-state index is 6.20. The smallest absolute Gasteiger partial charge is 0.191 e. The maximum Gasteiger partial charge on any atom is 0.191 e. The van der Waals surface area contributed by atoms with E-state index < -0.39 is 0 Å². The van der Waals surface area contributed by atoms with Gasteiger partial charge >= 0.3 is 0 Å². The Balaban J connectivity index is 1.79. The third-order valence-electron chi connectivity index (χ3n) is 5.22. The summed E-state index contributed by atoms with van der Waals surface area (Å²) in [7, 11) is 0. The number of rotatable bonds is 6. The lowest BCUT2D eigenvalue weighted by Crippen LogP contribution is -2.31. The van der Waals surface area contributed by atoms with E-state index in [0.717, 1.165) is 53.7 Å². The van der Waals surface area contributed by atoms with E-state index in [-0.39, 0.29) is 0 Å². The molecule has 8 heteroatoms. The number of thioether (sulfide) groups is 1. The molecular formula is C17H25ClN6S. The molecule has 0 radical (unpaired) electrons. The van der Waals surface area contributed by atoms with Crippen LogP contribution in [0.1, 0.15) is 57.9 Å². The van der Waals surface area contributed by atoms with Crippen LogP contribution in [0.3, 0.4) is 0 Å². The molecule has 3 heterocycles. The van der Waals surface area contributed by atoms with Crippen LogP contribution >= 0.6 is 23.4 Å². The molecule has 1 saturated carbocycles. The average Bonchev–Trinajstić information content (AvgIpc) is 3.38. The standard InChI is InChI=1S/C17H25ClN6S/c1-2-10-25-17-19-15(23-9-5-8-13(23)11-18)14-16(20-17)24(22-21-14)12-6-3-4-7-12/h12-13H,2-11H2,1H3/t13-/m0/s1. The highest BCUT2D eigenvalue weighted by atomic mass is 35.5. The van der Waals surface area contributed by atoms with Gasteiger partial charge < -0.3 is 4.90 Å². The number of hydrogen-bond donors (Lipinski definition) is 0. The zero-order valence-corrected chi connectivity index (χ0v) is 16.3. The topological polar surface area (TPSA) is 59.7 Å². The number of hydrogen-bond acceptors (Lipinski definition) is 6. The van der Waals surface area contributed by atoms with Crippen molar-refractivity contribution in [3.63, 3.8) is 0 Å². The number of nitrogens with zero attached hydrogens (tertiary/aromatic N) is 6. The first-order chi connectivity index (χ1) is 12.3. The molecule has 4 rings (SSSR count). The van der Waals surface area contributed by atoms with Crippen LogP contribution in [0.2, 0.25) is 0 Å². The monoisotopic (exact) mass is 380 g/mol. The summed E-state index contributed by atoms with van der Waals surface area (Å²) >= 11 is 7.93. The minimum absolute atomic E-state index is 0.334. The Hall–Kier alpha value is -1.08. The summed E-state index contributed by atoms with van der Waals surface area (Å²) in [5.41, 5.74) is 1.74. The van der Waals surface area contributed by atoms with E-state index in [1.807, 2.05) is 0 Å². The summed E-state index contributed by atoms with van der Waals surface area (Å²) in [6.45, 7) is 3.17. The molecule has 0 bridgehead atoms. The van der Waals surface area contributed by atoms with Crippen LogP contribution in [0.5, 0.6) is 0 Å². The second-order valence-electron chi connectivity index (χ2n) is 6.97. The van der Waals surface area contributed by atoms with Gasteiger partial charge in [-0.1, -0.05) is 36.7 Å². The largest absolute Gasteiger partial charge is 0.350 e. The number of anilines is 1. The van der Waals surface area contributed by atoms with Crippen molar-refractivity contribution in [3.05, 3.63) is 0 Å². The third-order valence-corrected chi connectivity index (χ3v) is 6.63. The van der Waals surface area contributed by atoms with Gasteiger partial charge in [0.2, 0.25) is 0 Å². The Kier molecular flexibility index (Phi) is 5.31. The molecule has 6 nitrogen and oxygen atoms in total. The fourth-order valence-electron chi connectivity index (χ4n) is 3.92. The van der Waals surface area contributed by atoms with Crippen molar-refractivity contribution in [2.24, 2.45) is 0 Å². The summed E-state index contributed by atoms with van der Waals surface area (Å²) in [5.74, 6) is 2.57. The van der Waals surface area contributed by atoms with Gasteiger partial charge in [0.25, 0.3) is 0 Å². The minimum atomic E-state index is 0.334. The fraction of sp³-hybridized carbons (Fsp3) is 0.765. The molecule has 25 heavy (non-hydrogen) atoms. The summed E-state index contributed by atoms with van der Waals surface area (Å²) in [5, 5.41) is 9.81. The van der Waals surface area contributed by atoms with Gasteiger partial charge in [-0.25, -0.2) is 14.6 Å². The van der Waals surface area contributed by atoms with E-state index >= 15 is 0 Å². The third kappa shape index (κ3) is 3.33. The Morgan fingerprint density at radius 2 is 2.00 bits per heavy atom. The van der Waals surface area contributed by atoms with E-state index in [9.17, 15) is 0 Å². The second kappa shape index (κ2) is 7.66. The molecule has 1 saturated heterocycles. The summed E-state index contributed by atoms with van der Waals surface area (Å²) in [6.07, 6.45) is 8.24. The Morgan fingerprint density at radius 3 is 2.76 bits per heavy atom. The number of halogens is 1. The second-order valence-corrected chi connectivity index (χ2v) is 8.34. The lowest BCUT2D eigenvalue weighted by molar-refractivity contribution is 0.463. The van der Waals surface area contributed by atoms with E-state index in [2.05, 4.69) is 26.8 Å². The van der Waals surface area contributed by atoms with Crippen molar-refractivity contribution in [1.29, 1.82) is 0 Å². The van der Waals surface area contributed by atoms with Crippen molar-refractivity contribution in [2.75, 3.05) is 23.1 Å². The zero-order valence-electron chi connectivity index (χ0n) is 14.7. The number of aromatic nitrogens is 5. The minimum Gasteiger partial charge on any atom is -0.350 e. The van der Waals surface area contributed by atoms with Crippen LogP contribution in [0.15, 0.2) is 5.16 Å². The first-order valence-electron chi connectivity index (χ1n) is 9.40. The Labute approximate surface area is 157 Å². The van der Waals surface area contributed by atoms with E-state index in [1.165, 1.54) is 25.7 Å². The molecule has 1 atom stereocenters. The predicted octanol–water partition coefficient (Wildman–Crippen LogP) is 4.05. The van der Waals surface area contributed by atoms with Gasteiger partial charge in [-0.2, -0.15) is 0 Å². The molecule has 2 aromatic rings. The van der Waals surface area contributed by atoms with Gasteiger partial charge in [0, 0.05) is 24.2 Å². The summed E-state index contributed by atoms with van der Waals surface area (Å²) in [6, 6.07) is 0.764. The normalized spacial score (nSPS) is 21.7. The lowest BCUT2D eigenvalue weighted by atomic mass is 10.2. The van der Waals surface area contributed by atoms with Crippen molar-refractivity contribution < 1.29 is 0 Å². The van der Waals surface area contributed by atoms with E-state index in [4.69, 9.17) is 21.6 Å². The van der Waals surface area contributed by atoms with Gasteiger partial charge in [-0.15, -0.1) is 16.7 Å². The molecule has 2 aromatic heterocycles. The maximum atomic E-state index is 6.20. The molecule has 1 aliphatic carbocycles. The highest BCUT2D eigenvalue weighted by molar-refractivity contribution is 7.99. The first-order valence-corrected chi connectivity index (χ1v) is 10.9. The molecule has 1 aliphatic heterocycles. The Bertz CT molecular complexity index is 729. The van der Waals surface area contributed by atoms with Gasteiger partial charge in [-0.3, -0.25) is 0 Å². The highest BCUT2D eigenvalue weighted by Crippen LogP contribution is 2.35. The molecule has 0 amide bonds. The van der Waals surface area contributed by atoms with Crippen LogP contribution in [0, 0.1) is 0 Å². The van der Waals surface area contributed by atoms with Gasteiger partial charge in [0.1, 0.15) is 0 Å². The molecule has 0 N–H and O–H groups in total. The summed E-state index contributed by atoms with van der Waals surface area (Å²) < 4.78 is 2.05. The van der Waals surface area contributed by atoms with Crippen LogP contribution < -0.4 is 4.90 Å². The highest BCUT2D eigenvalue weighted by Gasteiger charge is 2.30. The Morgan fingerprint density at radius 1 is 1.16 bits per heavy atom. The van der Waals surface area contributed by atoms with Crippen molar-refractivity contribution >= 4 is 40.3 Å². The molecule has 2 aliphatic rings. The summed E-state index contributed by atoms with van der Waals surface area (Å²) in [4.78, 5) is 12.0. The zero-order chi connectivity index (χ0) is 17.2. The predicted molar refractivity (Wildman–Crippen MR) is 103 cm³/mol. The molecule has 136 valence electrons. The molecule has 2 fully saturated rings. The van der Waals surface area contributed by atoms with Crippen molar-refractivity contribution in [3.8, 4) is 0 Å². The first kappa shape index (κ1) is 17.3. The van der Waals surface area contributed by atoms with E-state index in [1.54, 1.807) is 11.8 Å². The fourth-order valence-corrected chi connectivity index (χ4v) is 4.93. The quantitative estimate of drug-likeness (QED) is 0.428. The van der Waals surface area contributed by atoms with Crippen molar-refractivity contribution in [2.45, 2.75) is 69.1 Å². The van der Waals surface area contributed by atoms with Crippen LogP contribution in [0.25, 0.3) is 11.2 Å².